The van der Waals surface area contributed by atoms with E-state index in [2.05, 4.69) is 60.8 Å². The Bertz CT molecular complexity index is 570. The van der Waals surface area contributed by atoms with Crippen molar-refractivity contribution in [2.24, 2.45) is 0 Å². The van der Waals surface area contributed by atoms with Crippen molar-refractivity contribution in [1.82, 2.24) is 5.32 Å². The fraction of sp³-hybridized carbons (Fsp3) is 0.316. The molecule has 0 radical (unpaired) electrons. The number of aryl methyl sites for hydroxylation is 1. The van der Waals surface area contributed by atoms with Crippen LogP contribution in [0.4, 0.5) is 0 Å². The van der Waals surface area contributed by atoms with Gasteiger partial charge in [0.25, 0.3) is 0 Å². The van der Waals surface area contributed by atoms with Gasteiger partial charge in [-0.25, -0.2) is 0 Å². The second kappa shape index (κ2) is 7.63. The summed E-state index contributed by atoms with van der Waals surface area (Å²) in [5.74, 6) is 0.00162. The lowest BCUT2D eigenvalue weighted by atomic mass is 10.0. The topological polar surface area (TPSA) is 29.1 Å². The molecule has 110 valence electrons. The average molecular weight is 281 g/mol. The largest absolute Gasteiger partial charge is 0.352 e. The Kier molecular flexibility index (Phi) is 5.56. The van der Waals surface area contributed by atoms with E-state index in [0.29, 0.717) is 6.54 Å². The number of nitrogens with one attached hydrogen (secondary N) is 1. The first-order valence-corrected chi connectivity index (χ1v) is 7.61. The molecule has 2 heteroatoms. The van der Waals surface area contributed by atoms with Gasteiger partial charge in [0.05, 0.1) is 0 Å². The summed E-state index contributed by atoms with van der Waals surface area (Å²) in [5, 5.41) is 2.81. The van der Waals surface area contributed by atoms with Gasteiger partial charge in [-0.1, -0.05) is 61.9 Å². The van der Waals surface area contributed by atoms with Gasteiger partial charge in [0.2, 0.25) is 5.91 Å². The van der Waals surface area contributed by atoms with Crippen molar-refractivity contribution < 1.29 is 4.79 Å². The van der Waals surface area contributed by atoms with Crippen molar-refractivity contribution in [3.05, 3.63) is 59.7 Å². The lowest BCUT2D eigenvalue weighted by molar-refractivity contribution is -0.119. The van der Waals surface area contributed by atoms with Gasteiger partial charge in [-0.3, -0.25) is 4.79 Å². The molecule has 2 aromatic rings. The Morgan fingerprint density at radius 1 is 0.905 bits per heavy atom. The Hall–Kier alpha value is -2.09. The zero-order valence-corrected chi connectivity index (χ0v) is 12.9. The highest BCUT2D eigenvalue weighted by atomic mass is 16.1. The summed E-state index contributed by atoms with van der Waals surface area (Å²) >= 11 is 0. The maximum Gasteiger partial charge on any atom is 0.217 e. The van der Waals surface area contributed by atoms with E-state index >= 15 is 0 Å². The van der Waals surface area contributed by atoms with Crippen LogP contribution in [-0.2, 0) is 17.8 Å². The third-order valence-corrected chi connectivity index (χ3v) is 3.60. The average Bonchev–Trinajstić information content (AvgIpc) is 2.52. The van der Waals surface area contributed by atoms with E-state index < -0.39 is 0 Å². The van der Waals surface area contributed by atoms with Gasteiger partial charge < -0.3 is 5.32 Å². The van der Waals surface area contributed by atoms with Gasteiger partial charge >= 0.3 is 0 Å². The van der Waals surface area contributed by atoms with E-state index in [0.717, 1.165) is 12.0 Å². The maximum absolute atomic E-state index is 10.9. The van der Waals surface area contributed by atoms with Gasteiger partial charge in [-0.2, -0.15) is 0 Å². The zero-order chi connectivity index (χ0) is 15.1. The normalized spacial score (nSPS) is 10.4. The standard InChI is InChI=1S/C19H23NO/c1-3-4-5-16-6-10-18(11-7-16)19-12-8-17(9-13-19)14-20-15(2)21/h6-13H,3-5,14H2,1-2H3,(H,20,21). The highest BCUT2D eigenvalue weighted by molar-refractivity contribution is 5.72. The molecule has 1 amide bonds. The molecule has 0 spiro atoms. The molecule has 2 aromatic carbocycles. The Morgan fingerprint density at radius 3 is 1.90 bits per heavy atom. The van der Waals surface area contributed by atoms with Crippen LogP contribution in [0.15, 0.2) is 48.5 Å². The van der Waals surface area contributed by atoms with Crippen LogP contribution in [0.3, 0.4) is 0 Å². The van der Waals surface area contributed by atoms with E-state index in [-0.39, 0.29) is 5.91 Å². The van der Waals surface area contributed by atoms with Crippen molar-refractivity contribution in [2.45, 2.75) is 39.7 Å². The van der Waals surface area contributed by atoms with Crippen LogP contribution in [0, 0.1) is 0 Å². The van der Waals surface area contributed by atoms with Crippen LogP contribution >= 0.6 is 0 Å². The lowest BCUT2D eigenvalue weighted by Crippen LogP contribution is -2.18. The number of hydrogen-bond donors (Lipinski definition) is 1. The molecule has 2 rings (SSSR count). The van der Waals surface area contributed by atoms with Gasteiger partial charge in [0.15, 0.2) is 0 Å². The molecule has 0 unspecified atom stereocenters. The first kappa shape index (κ1) is 15.3. The molecule has 0 heterocycles. The van der Waals surface area contributed by atoms with Crippen LogP contribution in [0.5, 0.6) is 0 Å². The predicted molar refractivity (Wildman–Crippen MR) is 88.0 cm³/mol. The Balaban J connectivity index is 2.02. The number of hydrogen-bond acceptors (Lipinski definition) is 1. The SMILES string of the molecule is CCCCc1ccc(-c2ccc(CNC(C)=O)cc2)cc1. The van der Waals surface area contributed by atoms with E-state index in [1.165, 1.54) is 36.5 Å². The van der Waals surface area contributed by atoms with Crippen molar-refractivity contribution in [3.63, 3.8) is 0 Å². The van der Waals surface area contributed by atoms with Crippen LogP contribution in [0.1, 0.15) is 37.8 Å². The van der Waals surface area contributed by atoms with Gasteiger partial charge in [0.1, 0.15) is 0 Å². The summed E-state index contributed by atoms with van der Waals surface area (Å²) in [6.07, 6.45) is 3.64. The Morgan fingerprint density at radius 2 is 1.43 bits per heavy atom. The third-order valence-electron chi connectivity index (χ3n) is 3.60. The first-order valence-electron chi connectivity index (χ1n) is 7.61. The summed E-state index contributed by atoms with van der Waals surface area (Å²) in [6.45, 7) is 4.34. The van der Waals surface area contributed by atoms with Gasteiger partial charge in [0, 0.05) is 13.5 Å². The Labute approximate surface area is 127 Å². The predicted octanol–water partition coefficient (Wildman–Crippen LogP) is 4.33. The molecule has 2 nitrogen and oxygen atoms in total. The zero-order valence-electron chi connectivity index (χ0n) is 12.9. The highest BCUT2D eigenvalue weighted by Gasteiger charge is 2.00. The van der Waals surface area contributed by atoms with Gasteiger partial charge in [-0.15, -0.1) is 0 Å². The molecular weight excluding hydrogens is 258 g/mol. The van der Waals surface area contributed by atoms with Crippen LogP contribution in [-0.4, -0.2) is 5.91 Å². The second-order valence-electron chi connectivity index (χ2n) is 5.41. The van der Waals surface area contributed by atoms with Crippen molar-refractivity contribution >= 4 is 5.91 Å². The van der Waals surface area contributed by atoms with Crippen LogP contribution < -0.4 is 5.32 Å². The van der Waals surface area contributed by atoms with E-state index in [1.807, 2.05) is 0 Å². The summed E-state index contributed by atoms with van der Waals surface area (Å²) in [6, 6.07) is 17.2. The molecule has 0 aliphatic heterocycles. The summed E-state index contributed by atoms with van der Waals surface area (Å²) in [4.78, 5) is 10.9. The molecule has 0 atom stereocenters. The molecule has 0 fully saturated rings. The highest BCUT2D eigenvalue weighted by Crippen LogP contribution is 2.21. The first-order chi connectivity index (χ1) is 10.2. The molecule has 1 N–H and O–H groups in total. The summed E-state index contributed by atoms with van der Waals surface area (Å²) in [5.41, 5.74) is 4.97. The molecule has 0 aliphatic carbocycles. The third kappa shape index (κ3) is 4.75. The molecule has 0 saturated heterocycles. The minimum absolute atomic E-state index is 0.00162. The lowest BCUT2D eigenvalue weighted by Gasteiger charge is -2.06. The number of benzene rings is 2. The van der Waals surface area contributed by atoms with Crippen molar-refractivity contribution in [2.75, 3.05) is 0 Å². The minimum Gasteiger partial charge on any atom is -0.352 e. The number of unbranched alkanes of at least 4 members (excludes halogenated alkanes) is 1. The smallest absolute Gasteiger partial charge is 0.217 e. The van der Waals surface area contributed by atoms with Crippen molar-refractivity contribution in [3.8, 4) is 11.1 Å². The second-order valence-corrected chi connectivity index (χ2v) is 5.41. The number of carbonyl (C=O) groups excluding carboxylic acids is 1. The number of rotatable bonds is 6. The van der Waals surface area contributed by atoms with E-state index in [9.17, 15) is 4.79 Å². The summed E-state index contributed by atoms with van der Waals surface area (Å²) in [7, 11) is 0. The van der Waals surface area contributed by atoms with Crippen LogP contribution in [0.2, 0.25) is 0 Å². The molecule has 0 aromatic heterocycles. The fourth-order valence-electron chi connectivity index (χ4n) is 2.29. The van der Waals surface area contributed by atoms with E-state index in [4.69, 9.17) is 0 Å². The summed E-state index contributed by atoms with van der Waals surface area (Å²) < 4.78 is 0. The van der Waals surface area contributed by atoms with E-state index in [1.54, 1.807) is 0 Å². The molecule has 0 saturated carbocycles. The maximum atomic E-state index is 10.9. The fourth-order valence-corrected chi connectivity index (χ4v) is 2.29. The van der Waals surface area contributed by atoms with Crippen LogP contribution in [0.25, 0.3) is 11.1 Å². The van der Waals surface area contributed by atoms with Gasteiger partial charge in [-0.05, 0) is 35.1 Å². The molecular formula is C19H23NO. The number of carbonyl (C=O) groups is 1. The molecule has 21 heavy (non-hydrogen) atoms. The quantitative estimate of drug-likeness (QED) is 0.838. The molecule has 0 aliphatic rings. The van der Waals surface area contributed by atoms with Crippen molar-refractivity contribution in [1.29, 1.82) is 0 Å². The number of amides is 1. The molecule has 0 bridgehead atoms. The minimum atomic E-state index is 0.00162. The monoisotopic (exact) mass is 281 g/mol.